The zero-order valence-corrected chi connectivity index (χ0v) is 19.0. The molecule has 1 heterocycles. The summed E-state index contributed by atoms with van der Waals surface area (Å²) in [5.41, 5.74) is -6.52. The Hall–Kier alpha value is -2.33. The Morgan fingerprint density at radius 1 is 0.886 bits per heavy atom. The van der Waals surface area contributed by atoms with E-state index in [-0.39, 0.29) is 35.8 Å². The van der Waals surface area contributed by atoms with Gasteiger partial charge < -0.3 is 10.0 Å². The molecule has 2 atom stereocenters. The molecule has 1 aromatic rings. The van der Waals surface area contributed by atoms with E-state index >= 15 is 0 Å². The second-order valence-corrected chi connectivity index (χ2v) is 9.94. The number of nitrogens with zero attached hydrogens (tertiary/aromatic N) is 1. The smallest absolute Gasteiger partial charge is 0.435 e. The average Bonchev–Trinajstić information content (AvgIpc) is 3.20. The number of carbonyl (C=O) groups excluding carboxylic acids is 1. The summed E-state index contributed by atoms with van der Waals surface area (Å²) < 4.78 is 94.7. The van der Waals surface area contributed by atoms with Crippen LogP contribution in [0.5, 0.6) is 0 Å². The van der Waals surface area contributed by atoms with Gasteiger partial charge in [-0.3, -0.25) is 9.59 Å². The molecule has 0 unspecified atom stereocenters. The normalized spacial score (nSPS) is 27.4. The lowest BCUT2D eigenvalue weighted by Gasteiger charge is -2.37. The van der Waals surface area contributed by atoms with Gasteiger partial charge in [-0.05, 0) is 68.6 Å². The first-order valence-corrected chi connectivity index (χ1v) is 11.7. The number of hydrogen-bond donors (Lipinski definition) is 1. The van der Waals surface area contributed by atoms with Crippen LogP contribution in [0.4, 0.5) is 30.7 Å². The minimum Gasteiger partial charge on any atom is -0.481 e. The zero-order valence-electron chi connectivity index (χ0n) is 19.0. The van der Waals surface area contributed by atoms with Crippen LogP contribution in [0.1, 0.15) is 66.7 Å². The maximum Gasteiger partial charge on any atom is 0.435 e. The SMILES string of the molecule is Cc1cc2c(cc1C(F)(C(F)(F)F)C(F)(F)F)CC[C@@H]1[C@H]2CCN1C(=O)C1CCC(C(=O)O)CC1. The first-order valence-electron chi connectivity index (χ1n) is 11.7. The van der Waals surface area contributed by atoms with Gasteiger partial charge in [0, 0.05) is 30.0 Å². The highest BCUT2D eigenvalue weighted by molar-refractivity contribution is 5.80. The maximum absolute atomic E-state index is 14.7. The molecule has 1 aromatic carbocycles. The van der Waals surface area contributed by atoms with Crippen molar-refractivity contribution in [1.82, 2.24) is 4.90 Å². The predicted octanol–water partition coefficient (Wildman–Crippen LogP) is 5.81. The van der Waals surface area contributed by atoms with E-state index in [9.17, 15) is 40.3 Å². The number of likely N-dealkylation sites (tertiary alicyclic amines) is 1. The third-order valence-electron chi connectivity index (χ3n) is 8.00. The number of aryl methyl sites for hydroxylation is 2. The maximum atomic E-state index is 14.7. The number of benzene rings is 1. The molecule has 4 rings (SSSR count). The fourth-order valence-corrected chi connectivity index (χ4v) is 6.15. The molecule has 0 spiro atoms. The van der Waals surface area contributed by atoms with Gasteiger partial charge in [0.15, 0.2) is 0 Å². The van der Waals surface area contributed by atoms with Crippen molar-refractivity contribution in [2.45, 2.75) is 81.9 Å². The molecule has 4 nitrogen and oxygen atoms in total. The van der Waals surface area contributed by atoms with E-state index < -0.39 is 41.0 Å². The van der Waals surface area contributed by atoms with Crippen molar-refractivity contribution in [3.05, 3.63) is 34.4 Å². The van der Waals surface area contributed by atoms with Gasteiger partial charge in [-0.15, -0.1) is 0 Å². The number of halogens is 7. The van der Waals surface area contributed by atoms with Crippen molar-refractivity contribution in [3.8, 4) is 0 Å². The minimum atomic E-state index is -6.17. The van der Waals surface area contributed by atoms with Gasteiger partial charge in [-0.1, -0.05) is 12.1 Å². The summed E-state index contributed by atoms with van der Waals surface area (Å²) in [5.74, 6) is -1.95. The van der Waals surface area contributed by atoms with Crippen LogP contribution in [0, 0.1) is 18.8 Å². The number of alkyl halides is 7. The van der Waals surface area contributed by atoms with Crippen molar-refractivity contribution in [1.29, 1.82) is 0 Å². The van der Waals surface area contributed by atoms with E-state index in [4.69, 9.17) is 5.11 Å². The molecule has 0 bridgehead atoms. The van der Waals surface area contributed by atoms with Crippen LogP contribution >= 0.6 is 0 Å². The monoisotopic (exact) mass is 509 g/mol. The van der Waals surface area contributed by atoms with Gasteiger partial charge >= 0.3 is 24.0 Å². The molecule has 194 valence electrons. The third kappa shape index (κ3) is 4.18. The van der Waals surface area contributed by atoms with Crippen molar-refractivity contribution in [2.75, 3.05) is 6.54 Å². The van der Waals surface area contributed by atoms with E-state index in [1.54, 1.807) is 4.90 Å². The fraction of sp³-hybridized carbons (Fsp3) is 0.667. The molecule has 1 saturated heterocycles. The molecule has 1 N–H and O–H groups in total. The second kappa shape index (κ2) is 8.65. The van der Waals surface area contributed by atoms with Gasteiger partial charge in [-0.25, -0.2) is 4.39 Å². The van der Waals surface area contributed by atoms with Gasteiger partial charge in [0.1, 0.15) is 0 Å². The molecule has 2 fully saturated rings. The molecule has 3 aliphatic rings. The summed E-state index contributed by atoms with van der Waals surface area (Å²) >= 11 is 0. The van der Waals surface area contributed by atoms with Gasteiger partial charge in [0.25, 0.3) is 0 Å². The van der Waals surface area contributed by atoms with Gasteiger partial charge in [-0.2, -0.15) is 26.3 Å². The van der Waals surface area contributed by atoms with E-state index in [0.717, 1.165) is 6.92 Å². The molecular formula is C24H26F7NO3. The lowest BCUT2D eigenvalue weighted by atomic mass is 9.76. The average molecular weight is 509 g/mol. The van der Waals surface area contributed by atoms with Crippen molar-refractivity contribution in [2.24, 2.45) is 11.8 Å². The number of amides is 1. The van der Waals surface area contributed by atoms with Crippen LogP contribution in [-0.4, -0.2) is 46.8 Å². The molecular weight excluding hydrogens is 483 g/mol. The molecule has 1 aliphatic heterocycles. The summed E-state index contributed by atoms with van der Waals surface area (Å²) in [4.78, 5) is 26.1. The lowest BCUT2D eigenvalue weighted by molar-refractivity contribution is -0.348. The highest BCUT2D eigenvalue weighted by atomic mass is 19.4. The number of aliphatic carboxylic acids is 1. The minimum absolute atomic E-state index is 0.0740. The molecule has 35 heavy (non-hydrogen) atoms. The van der Waals surface area contributed by atoms with Crippen LogP contribution in [0.15, 0.2) is 12.1 Å². The highest BCUT2D eigenvalue weighted by Gasteiger charge is 2.74. The van der Waals surface area contributed by atoms with E-state index in [0.29, 0.717) is 56.7 Å². The summed E-state index contributed by atoms with van der Waals surface area (Å²) in [7, 11) is 0. The number of carbonyl (C=O) groups is 2. The largest absolute Gasteiger partial charge is 0.481 e. The molecule has 11 heteroatoms. The van der Waals surface area contributed by atoms with Crippen LogP contribution in [0.2, 0.25) is 0 Å². The van der Waals surface area contributed by atoms with Crippen molar-refractivity contribution in [3.63, 3.8) is 0 Å². The van der Waals surface area contributed by atoms with Crippen molar-refractivity contribution < 1.29 is 45.4 Å². The number of fused-ring (bicyclic) bond motifs is 3. The Bertz CT molecular complexity index is 998. The first-order chi connectivity index (χ1) is 16.2. The Morgan fingerprint density at radius 2 is 1.46 bits per heavy atom. The lowest BCUT2D eigenvalue weighted by Crippen LogP contribution is -2.51. The van der Waals surface area contributed by atoms with Crippen molar-refractivity contribution >= 4 is 11.9 Å². The standard InChI is InChI=1S/C24H26F7NO3/c1-12-10-17-15(11-18(12)22(25,23(26,27)28)24(29,30)31)6-7-19-16(17)8-9-32(19)20(33)13-2-4-14(5-3-13)21(34)35/h10-11,13-14,16,19H,2-9H2,1H3,(H,34,35)/t13?,14?,16-,19+/m0/s1. The molecule has 1 saturated carbocycles. The summed E-state index contributed by atoms with van der Waals surface area (Å²) in [5, 5.41) is 9.16. The van der Waals surface area contributed by atoms with E-state index in [1.807, 2.05) is 0 Å². The number of carboxylic acid groups (broad SMARTS) is 1. The molecule has 0 aromatic heterocycles. The quantitative estimate of drug-likeness (QED) is 0.524. The summed E-state index contributed by atoms with van der Waals surface area (Å²) in [6.07, 6.45) is -9.57. The topological polar surface area (TPSA) is 57.6 Å². The number of hydrogen-bond acceptors (Lipinski definition) is 2. The second-order valence-electron chi connectivity index (χ2n) is 9.94. The Kier molecular flexibility index (Phi) is 6.37. The van der Waals surface area contributed by atoms with E-state index in [1.165, 1.54) is 6.07 Å². The van der Waals surface area contributed by atoms with Gasteiger partial charge in [0.05, 0.1) is 5.92 Å². The van der Waals surface area contributed by atoms with Crippen LogP contribution in [0.3, 0.4) is 0 Å². The Morgan fingerprint density at radius 3 is 2.00 bits per heavy atom. The first kappa shape index (κ1) is 25.8. The fourth-order valence-electron chi connectivity index (χ4n) is 6.15. The Balaban J connectivity index is 1.58. The number of carboxylic acids is 1. The molecule has 2 aliphatic carbocycles. The summed E-state index contributed by atoms with van der Waals surface area (Å²) in [6, 6.07) is 1.69. The predicted molar refractivity (Wildman–Crippen MR) is 110 cm³/mol. The van der Waals surface area contributed by atoms with E-state index in [2.05, 4.69) is 0 Å². The van der Waals surface area contributed by atoms with Crippen LogP contribution in [-0.2, 0) is 21.7 Å². The Labute approximate surface area is 197 Å². The summed E-state index contributed by atoms with van der Waals surface area (Å²) in [6.45, 7) is 1.45. The third-order valence-corrected chi connectivity index (χ3v) is 8.00. The zero-order chi connectivity index (χ0) is 25.9. The van der Waals surface area contributed by atoms with Crippen LogP contribution < -0.4 is 0 Å². The number of rotatable bonds is 3. The highest BCUT2D eigenvalue weighted by Crippen LogP contribution is 2.55. The van der Waals surface area contributed by atoms with Crippen LogP contribution in [0.25, 0.3) is 0 Å². The molecule has 0 radical (unpaired) electrons. The molecule has 1 amide bonds. The van der Waals surface area contributed by atoms with Gasteiger partial charge in [0.2, 0.25) is 5.91 Å².